The molecule has 160 valence electrons. The lowest BCUT2D eigenvalue weighted by Crippen LogP contribution is -2.62. The second kappa shape index (κ2) is 8.66. The summed E-state index contributed by atoms with van der Waals surface area (Å²) in [5.74, 6) is -0.290. The Hall–Kier alpha value is -2.95. The van der Waals surface area contributed by atoms with E-state index in [0.717, 1.165) is 38.0 Å². The highest BCUT2D eigenvalue weighted by Crippen LogP contribution is 2.35. The minimum absolute atomic E-state index is 0.290. The van der Waals surface area contributed by atoms with E-state index >= 15 is 0 Å². The average molecular weight is 416 g/mol. The van der Waals surface area contributed by atoms with E-state index in [9.17, 15) is 9.90 Å². The van der Waals surface area contributed by atoms with E-state index in [1.165, 1.54) is 5.56 Å². The van der Waals surface area contributed by atoms with Gasteiger partial charge in [0, 0.05) is 18.4 Å². The second-order valence-corrected chi connectivity index (χ2v) is 8.67. The number of aliphatic hydroxyl groups is 1. The van der Waals surface area contributed by atoms with Crippen molar-refractivity contribution in [3.8, 4) is 0 Å². The van der Waals surface area contributed by atoms with Gasteiger partial charge in [0.1, 0.15) is 19.6 Å². The molecule has 0 aliphatic carbocycles. The zero-order valence-electron chi connectivity index (χ0n) is 18.4. The number of hydrogen-bond acceptors (Lipinski definition) is 2. The number of carbonyl (C=O) groups excluding carboxylic acids is 1. The van der Waals surface area contributed by atoms with Crippen LogP contribution in [0.15, 0.2) is 84.9 Å². The van der Waals surface area contributed by atoms with Crippen LogP contribution in [0.5, 0.6) is 0 Å². The molecule has 1 amide bonds. The van der Waals surface area contributed by atoms with Crippen molar-refractivity contribution >= 4 is 5.91 Å². The molecule has 1 unspecified atom stereocenters. The zero-order chi connectivity index (χ0) is 21.9. The molecule has 1 N–H and O–H groups in total. The van der Waals surface area contributed by atoms with Crippen molar-refractivity contribution in [2.24, 2.45) is 0 Å². The molecule has 1 aliphatic heterocycles. The Labute approximate surface area is 184 Å². The summed E-state index contributed by atoms with van der Waals surface area (Å²) in [4.78, 5) is 14.1. The number of likely N-dealkylation sites (N-methyl/N-ethyl adjacent to an activating group) is 1. The van der Waals surface area contributed by atoms with Crippen molar-refractivity contribution in [3.63, 3.8) is 0 Å². The van der Waals surface area contributed by atoms with Crippen LogP contribution in [0, 0.1) is 6.92 Å². The van der Waals surface area contributed by atoms with Crippen LogP contribution in [-0.2, 0) is 16.9 Å². The summed E-state index contributed by atoms with van der Waals surface area (Å²) in [7, 11) is 1.85. The molecule has 0 radical (unpaired) electrons. The normalized spacial score (nSPS) is 17.1. The smallest absolute Gasteiger partial charge is 0.308 e. The number of hydrogen-bond donors (Lipinski definition) is 1. The molecule has 3 aromatic rings. The maximum absolute atomic E-state index is 14.1. The highest BCUT2D eigenvalue weighted by atomic mass is 16.3. The fourth-order valence-electron chi connectivity index (χ4n) is 4.80. The van der Waals surface area contributed by atoms with Gasteiger partial charge in [-0.25, -0.2) is 4.59 Å². The first-order chi connectivity index (χ1) is 15.0. The molecule has 1 fully saturated rings. The van der Waals surface area contributed by atoms with Crippen molar-refractivity contribution in [1.29, 1.82) is 0 Å². The van der Waals surface area contributed by atoms with Crippen LogP contribution in [0.3, 0.4) is 0 Å². The minimum atomic E-state index is -1.74. The first-order valence-corrected chi connectivity index (χ1v) is 11.0. The standard InChI is InChI=1S/C27H31N2O2/c1-22-12-11-17-25(20-22)27(31,24-15-7-4-8-16-24)26(30)28(2)29(18-9-10-19-29)21-23-13-5-3-6-14-23/h3-8,11-17,20,31H,9-10,18-19,21H2,1-2H3/q+1. The Balaban J connectivity index is 1.77. The van der Waals surface area contributed by atoms with Crippen LogP contribution in [0.4, 0.5) is 0 Å². The third-order valence-electron chi connectivity index (χ3n) is 6.59. The molecule has 1 heterocycles. The lowest BCUT2D eigenvalue weighted by molar-refractivity contribution is -1.02. The Morgan fingerprint density at radius 3 is 2.10 bits per heavy atom. The molecule has 1 aliphatic rings. The van der Waals surface area contributed by atoms with Crippen molar-refractivity contribution < 1.29 is 14.5 Å². The molecule has 4 heteroatoms. The molecule has 0 spiro atoms. The molecular formula is C27H31N2O2+. The lowest BCUT2D eigenvalue weighted by Gasteiger charge is -2.44. The van der Waals surface area contributed by atoms with E-state index in [-0.39, 0.29) is 5.91 Å². The van der Waals surface area contributed by atoms with E-state index in [0.29, 0.717) is 15.7 Å². The molecule has 1 atom stereocenters. The van der Waals surface area contributed by atoms with Gasteiger partial charge in [-0.2, -0.15) is 5.01 Å². The predicted octanol–water partition coefficient (Wildman–Crippen LogP) is 4.42. The number of benzene rings is 3. The number of nitrogens with zero attached hydrogens (tertiary/aromatic N) is 2. The summed E-state index contributed by atoms with van der Waals surface area (Å²) in [5.41, 5.74) is 1.66. The summed E-state index contributed by atoms with van der Waals surface area (Å²) >= 11 is 0. The van der Waals surface area contributed by atoms with Gasteiger partial charge in [-0.1, -0.05) is 90.5 Å². The molecule has 3 aromatic carbocycles. The van der Waals surface area contributed by atoms with E-state index in [1.54, 1.807) is 5.01 Å². The van der Waals surface area contributed by atoms with Gasteiger partial charge in [-0.05, 0) is 18.1 Å². The van der Waals surface area contributed by atoms with Crippen molar-refractivity contribution in [2.75, 3.05) is 20.1 Å². The highest BCUT2D eigenvalue weighted by molar-refractivity contribution is 5.89. The van der Waals surface area contributed by atoms with Crippen molar-refractivity contribution in [1.82, 2.24) is 5.01 Å². The molecular weight excluding hydrogens is 384 g/mol. The summed E-state index contributed by atoms with van der Waals surface area (Å²) in [5, 5.41) is 13.8. The maximum atomic E-state index is 14.1. The van der Waals surface area contributed by atoms with Gasteiger partial charge < -0.3 is 5.11 Å². The van der Waals surface area contributed by atoms with E-state index in [4.69, 9.17) is 0 Å². The molecule has 0 aromatic heterocycles. The van der Waals surface area contributed by atoms with Gasteiger partial charge in [-0.3, -0.25) is 4.79 Å². The first-order valence-electron chi connectivity index (χ1n) is 11.0. The molecule has 0 saturated carbocycles. The number of amides is 1. The van der Waals surface area contributed by atoms with Gasteiger partial charge in [0.2, 0.25) is 0 Å². The number of rotatable bonds is 6. The van der Waals surface area contributed by atoms with Crippen molar-refractivity contribution in [2.45, 2.75) is 31.9 Å². The van der Waals surface area contributed by atoms with Crippen LogP contribution in [-0.4, -0.2) is 40.8 Å². The predicted molar refractivity (Wildman–Crippen MR) is 123 cm³/mol. The highest BCUT2D eigenvalue weighted by Gasteiger charge is 2.49. The first kappa shape index (κ1) is 21.3. The largest absolute Gasteiger partial charge is 0.372 e. The fourth-order valence-corrected chi connectivity index (χ4v) is 4.80. The SMILES string of the molecule is Cc1cccc(C(O)(C(=O)N(C)[N+]2(Cc3ccccc3)CCCC2)c2ccccc2)c1. The van der Waals surface area contributed by atoms with Crippen LogP contribution < -0.4 is 0 Å². The zero-order valence-corrected chi connectivity index (χ0v) is 18.4. The second-order valence-electron chi connectivity index (χ2n) is 8.67. The minimum Gasteiger partial charge on any atom is -0.372 e. The van der Waals surface area contributed by atoms with E-state index in [1.807, 2.05) is 86.8 Å². The Bertz CT molecular complexity index is 1030. The topological polar surface area (TPSA) is 40.5 Å². The summed E-state index contributed by atoms with van der Waals surface area (Å²) in [6.07, 6.45) is 2.14. The molecule has 0 bridgehead atoms. The van der Waals surface area contributed by atoms with Crippen LogP contribution in [0.1, 0.15) is 35.1 Å². The monoisotopic (exact) mass is 415 g/mol. The van der Waals surface area contributed by atoms with Gasteiger partial charge in [0.25, 0.3) is 0 Å². The van der Waals surface area contributed by atoms with Crippen LogP contribution >= 0.6 is 0 Å². The number of likely N-dealkylation sites (tertiary alicyclic amines) is 1. The lowest BCUT2D eigenvalue weighted by atomic mass is 9.84. The number of carbonyl (C=O) groups is 1. The third-order valence-corrected chi connectivity index (χ3v) is 6.59. The summed E-state index contributed by atoms with van der Waals surface area (Å²) < 4.78 is 0.532. The molecule has 31 heavy (non-hydrogen) atoms. The van der Waals surface area contributed by atoms with Gasteiger partial charge in [0.15, 0.2) is 5.60 Å². The van der Waals surface area contributed by atoms with Crippen LogP contribution in [0.2, 0.25) is 0 Å². The van der Waals surface area contributed by atoms with Crippen molar-refractivity contribution in [3.05, 3.63) is 107 Å². The quantitative estimate of drug-likeness (QED) is 0.606. The van der Waals surface area contributed by atoms with Crippen LogP contribution in [0.25, 0.3) is 0 Å². The fraction of sp³-hybridized carbons (Fsp3) is 0.296. The number of quaternary nitrogens is 1. The maximum Gasteiger partial charge on any atom is 0.308 e. The van der Waals surface area contributed by atoms with E-state index < -0.39 is 5.60 Å². The Kier molecular flexibility index (Phi) is 5.94. The van der Waals surface area contributed by atoms with E-state index in [2.05, 4.69) is 12.1 Å². The third kappa shape index (κ3) is 4.01. The molecule has 1 saturated heterocycles. The summed E-state index contributed by atoms with van der Waals surface area (Å²) in [6, 6.07) is 27.2. The average Bonchev–Trinajstić information content (AvgIpc) is 3.28. The van der Waals surface area contributed by atoms with Gasteiger partial charge in [0.05, 0.1) is 7.05 Å². The van der Waals surface area contributed by atoms with Gasteiger partial charge >= 0.3 is 5.91 Å². The number of aryl methyl sites for hydroxylation is 1. The summed E-state index contributed by atoms with van der Waals surface area (Å²) in [6.45, 7) is 4.49. The van der Waals surface area contributed by atoms with Gasteiger partial charge in [-0.15, -0.1) is 0 Å². The molecule has 4 nitrogen and oxygen atoms in total. The Morgan fingerprint density at radius 1 is 0.903 bits per heavy atom. The Morgan fingerprint density at radius 2 is 1.48 bits per heavy atom. The molecule has 4 rings (SSSR count).